The SMILES string of the molecule is C[C@@H]1CN(CCNC(=O)c2ccc([N+](=O)[O-])cc2)[C@@H](C)c2sccc21. The Balaban J connectivity index is 1.54. The van der Waals surface area contributed by atoms with Crippen LogP contribution in [0.1, 0.15) is 46.6 Å². The molecule has 0 spiro atoms. The molecule has 132 valence electrons. The number of carbonyl (C=O) groups is 1. The second kappa shape index (κ2) is 7.33. The quantitative estimate of drug-likeness (QED) is 0.654. The molecule has 7 heteroatoms. The van der Waals surface area contributed by atoms with E-state index in [1.807, 2.05) is 0 Å². The molecule has 0 radical (unpaired) electrons. The van der Waals surface area contributed by atoms with Gasteiger partial charge in [-0.15, -0.1) is 11.3 Å². The Labute approximate surface area is 150 Å². The van der Waals surface area contributed by atoms with Crippen LogP contribution in [-0.4, -0.2) is 35.4 Å². The molecule has 1 aromatic heterocycles. The minimum atomic E-state index is -0.473. The molecule has 0 fully saturated rings. The summed E-state index contributed by atoms with van der Waals surface area (Å²) in [5, 5.41) is 15.7. The number of non-ortho nitro benzene ring substituents is 1. The van der Waals surface area contributed by atoms with Gasteiger partial charge in [0.2, 0.25) is 0 Å². The Kier molecular flexibility index (Phi) is 5.15. The Morgan fingerprint density at radius 3 is 2.72 bits per heavy atom. The Hall–Kier alpha value is -2.25. The number of hydrogen-bond donors (Lipinski definition) is 1. The summed E-state index contributed by atoms with van der Waals surface area (Å²) in [6, 6.07) is 8.24. The van der Waals surface area contributed by atoms with Gasteiger partial charge in [0.05, 0.1) is 4.92 Å². The zero-order valence-electron chi connectivity index (χ0n) is 14.3. The summed E-state index contributed by atoms with van der Waals surface area (Å²) in [4.78, 5) is 26.2. The molecule has 2 heterocycles. The van der Waals surface area contributed by atoms with E-state index in [0.717, 1.165) is 13.1 Å². The Morgan fingerprint density at radius 2 is 2.04 bits per heavy atom. The first kappa shape index (κ1) is 17.6. The van der Waals surface area contributed by atoms with Crippen LogP contribution in [0.15, 0.2) is 35.7 Å². The highest BCUT2D eigenvalue weighted by atomic mass is 32.1. The number of hydrogen-bond acceptors (Lipinski definition) is 5. The average Bonchev–Trinajstić information content (AvgIpc) is 3.09. The number of rotatable bonds is 5. The van der Waals surface area contributed by atoms with Crippen LogP contribution in [0.2, 0.25) is 0 Å². The second-order valence-electron chi connectivity index (χ2n) is 6.37. The van der Waals surface area contributed by atoms with Gasteiger partial charge in [0.1, 0.15) is 0 Å². The first-order valence-corrected chi connectivity index (χ1v) is 9.19. The highest BCUT2D eigenvalue weighted by Crippen LogP contribution is 2.38. The lowest BCUT2D eigenvalue weighted by molar-refractivity contribution is -0.384. The molecule has 6 nitrogen and oxygen atoms in total. The highest BCUT2D eigenvalue weighted by Gasteiger charge is 2.28. The maximum atomic E-state index is 12.2. The van der Waals surface area contributed by atoms with Crippen molar-refractivity contribution in [3.63, 3.8) is 0 Å². The van der Waals surface area contributed by atoms with Crippen LogP contribution in [0.25, 0.3) is 0 Å². The molecule has 1 N–H and O–H groups in total. The molecule has 1 aliphatic rings. The number of thiophene rings is 1. The highest BCUT2D eigenvalue weighted by molar-refractivity contribution is 7.10. The summed E-state index contributed by atoms with van der Waals surface area (Å²) in [5.74, 6) is 0.298. The van der Waals surface area contributed by atoms with E-state index in [1.165, 1.54) is 34.7 Å². The van der Waals surface area contributed by atoms with E-state index in [2.05, 4.69) is 35.5 Å². The van der Waals surface area contributed by atoms with Crippen molar-refractivity contribution in [3.8, 4) is 0 Å². The lowest BCUT2D eigenvalue weighted by Gasteiger charge is -2.36. The maximum Gasteiger partial charge on any atom is 0.269 e. The largest absolute Gasteiger partial charge is 0.351 e. The standard InChI is InChI=1S/C18H21N3O3S/c1-12-11-20(13(2)17-16(12)7-10-25-17)9-8-19-18(22)14-3-5-15(6-4-14)21(23)24/h3-7,10,12-13H,8-9,11H2,1-2H3,(H,19,22)/t12-,13+/m1/s1. The van der Waals surface area contributed by atoms with Crippen LogP contribution in [0, 0.1) is 10.1 Å². The molecule has 2 atom stereocenters. The van der Waals surface area contributed by atoms with Gasteiger partial charge < -0.3 is 5.32 Å². The van der Waals surface area contributed by atoms with E-state index < -0.39 is 4.92 Å². The zero-order chi connectivity index (χ0) is 18.0. The van der Waals surface area contributed by atoms with Crippen LogP contribution >= 0.6 is 11.3 Å². The summed E-state index contributed by atoms with van der Waals surface area (Å²) < 4.78 is 0. The van der Waals surface area contributed by atoms with Gasteiger partial charge in [0, 0.05) is 48.2 Å². The molecule has 3 rings (SSSR count). The normalized spacial score (nSPS) is 20.1. The van der Waals surface area contributed by atoms with Crippen LogP contribution in [0.3, 0.4) is 0 Å². The smallest absolute Gasteiger partial charge is 0.269 e. The van der Waals surface area contributed by atoms with Crippen molar-refractivity contribution < 1.29 is 9.72 Å². The molecule has 25 heavy (non-hydrogen) atoms. The number of nitrogens with zero attached hydrogens (tertiary/aromatic N) is 2. The van der Waals surface area contributed by atoms with Crippen LogP contribution in [0.4, 0.5) is 5.69 Å². The molecule has 0 aliphatic carbocycles. The molecular weight excluding hydrogens is 338 g/mol. The van der Waals surface area contributed by atoms with Gasteiger partial charge in [0.25, 0.3) is 11.6 Å². The summed E-state index contributed by atoms with van der Waals surface area (Å²) in [7, 11) is 0. The third kappa shape index (κ3) is 3.72. The number of nitrogens with one attached hydrogen (secondary N) is 1. The average molecular weight is 359 g/mol. The summed E-state index contributed by atoms with van der Waals surface area (Å²) in [6.45, 7) is 6.76. The number of nitro benzene ring substituents is 1. The van der Waals surface area contributed by atoms with Crippen molar-refractivity contribution in [3.05, 3.63) is 61.8 Å². The molecule has 1 aromatic carbocycles. The van der Waals surface area contributed by atoms with Crippen molar-refractivity contribution in [2.75, 3.05) is 19.6 Å². The first-order valence-electron chi connectivity index (χ1n) is 8.31. The van der Waals surface area contributed by atoms with Gasteiger partial charge in [-0.25, -0.2) is 0 Å². The molecule has 0 unspecified atom stereocenters. The van der Waals surface area contributed by atoms with Crippen molar-refractivity contribution in [1.29, 1.82) is 0 Å². The zero-order valence-corrected chi connectivity index (χ0v) is 15.1. The van der Waals surface area contributed by atoms with Gasteiger partial charge >= 0.3 is 0 Å². The minimum absolute atomic E-state index is 0.0144. The molecule has 0 saturated heterocycles. The summed E-state index contributed by atoms with van der Waals surface area (Å²) in [6.07, 6.45) is 0. The van der Waals surface area contributed by atoms with Crippen molar-refractivity contribution in [2.45, 2.75) is 25.8 Å². The molecule has 0 bridgehead atoms. The van der Waals surface area contributed by atoms with Gasteiger partial charge in [0.15, 0.2) is 0 Å². The monoisotopic (exact) mass is 359 g/mol. The maximum absolute atomic E-state index is 12.2. The molecule has 0 saturated carbocycles. The third-order valence-corrected chi connectivity index (χ3v) is 5.82. The molecule has 1 amide bonds. The molecule has 1 aliphatic heterocycles. The molecule has 2 aromatic rings. The first-order chi connectivity index (χ1) is 12.0. The van der Waals surface area contributed by atoms with E-state index in [9.17, 15) is 14.9 Å². The number of carbonyl (C=O) groups excluding carboxylic acids is 1. The van der Waals surface area contributed by atoms with Gasteiger partial charge in [-0.1, -0.05) is 6.92 Å². The lowest BCUT2D eigenvalue weighted by Crippen LogP contribution is -2.40. The Bertz CT molecular complexity index is 772. The van der Waals surface area contributed by atoms with Gasteiger partial charge in [-0.3, -0.25) is 19.8 Å². The van der Waals surface area contributed by atoms with Crippen molar-refractivity contribution >= 4 is 22.9 Å². The van der Waals surface area contributed by atoms with E-state index in [-0.39, 0.29) is 11.6 Å². The predicted octanol–water partition coefficient (Wildman–Crippen LogP) is 3.57. The van der Waals surface area contributed by atoms with Crippen molar-refractivity contribution in [1.82, 2.24) is 10.2 Å². The number of fused-ring (bicyclic) bond motifs is 1. The number of amides is 1. The lowest BCUT2D eigenvalue weighted by atomic mass is 9.93. The van der Waals surface area contributed by atoms with Crippen molar-refractivity contribution in [2.24, 2.45) is 0 Å². The van der Waals surface area contributed by atoms with E-state index in [0.29, 0.717) is 24.1 Å². The third-order valence-electron chi connectivity index (χ3n) is 4.72. The summed E-state index contributed by atoms with van der Waals surface area (Å²) >= 11 is 1.80. The van der Waals surface area contributed by atoms with Crippen LogP contribution < -0.4 is 5.32 Å². The van der Waals surface area contributed by atoms with Gasteiger partial charge in [-0.2, -0.15) is 0 Å². The Morgan fingerprint density at radius 1 is 1.32 bits per heavy atom. The molecular formula is C18H21N3O3S. The fourth-order valence-corrected chi connectivity index (χ4v) is 4.40. The fourth-order valence-electron chi connectivity index (χ4n) is 3.29. The van der Waals surface area contributed by atoms with Crippen LogP contribution in [0.5, 0.6) is 0 Å². The predicted molar refractivity (Wildman–Crippen MR) is 98.2 cm³/mol. The fraction of sp³-hybridized carbons (Fsp3) is 0.389. The van der Waals surface area contributed by atoms with E-state index >= 15 is 0 Å². The number of nitro groups is 1. The summed E-state index contributed by atoms with van der Waals surface area (Å²) in [5.41, 5.74) is 1.87. The number of benzene rings is 1. The second-order valence-corrected chi connectivity index (χ2v) is 7.32. The van der Waals surface area contributed by atoms with Gasteiger partial charge in [-0.05, 0) is 42.0 Å². The van der Waals surface area contributed by atoms with Crippen LogP contribution in [-0.2, 0) is 0 Å². The van der Waals surface area contributed by atoms with E-state index in [1.54, 1.807) is 11.3 Å². The minimum Gasteiger partial charge on any atom is -0.351 e. The topological polar surface area (TPSA) is 75.5 Å². The van der Waals surface area contributed by atoms with E-state index in [4.69, 9.17) is 0 Å².